The molecule has 0 saturated carbocycles. The van der Waals surface area contributed by atoms with E-state index in [-0.39, 0.29) is 0 Å². The molecule has 0 nitrogen and oxygen atoms in total. The first kappa shape index (κ1) is 6.03. The number of hydrogen-bond acceptors (Lipinski definition) is 0. The van der Waals surface area contributed by atoms with Gasteiger partial charge < -0.3 is 0 Å². The Kier molecular flexibility index (Phi) is 2.29. The third kappa shape index (κ3) is 1.79. The van der Waals surface area contributed by atoms with Gasteiger partial charge in [0, 0.05) is 0 Å². The van der Waals surface area contributed by atoms with Gasteiger partial charge in [-0.25, -0.2) is 0 Å². The Morgan fingerprint density at radius 1 is 1.25 bits per heavy atom. The van der Waals surface area contributed by atoms with Crippen molar-refractivity contribution in [2.45, 2.75) is 6.42 Å². The van der Waals surface area contributed by atoms with Crippen molar-refractivity contribution >= 4 is 0 Å². The van der Waals surface area contributed by atoms with Crippen LogP contribution >= 0.6 is 0 Å². The van der Waals surface area contributed by atoms with Gasteiger partial charge in [-0.05, 0) is 0 Å². The molecule has 0 aliphatic heterocycles. The summed E-state index contributed by atoms with van der Waals surface area (Å²) in [4.78, 5) is 0. The molecule has 0 heterocycles. The van der Waals surface area contributed by atoms with Gasteiger partial charge in [0.05, 0.1) is 0 Å². The van der Waals surface area contributed by atoms with Crippen molar-refractivity contribution < 1.29 is 19.8 Å². The fraction of sp³-hybridized carbons (Fsp3) is 0.143. The maximum atomic E-state index is 2.16. The van der Waals surface area contributed by atoms with Gasteiger partial charge in [-0.1, -0.05) is 0 Å². The summed E-state index contributed by atoms with van der Waals surface area (Å²) in [6.45, 7) is 0. The van der Waals surface area contributed by atoms with E-state index in [9.17, 15) is 0 Å². The molecule has 1 heteroatoms. The van der Waals surface area contributed by atoms with Crippen molar-refractivity contribution in [1.82, 2.24) is 0 Å². The van der Waals surface area contributed by atoms with Crippen LogP contribution in [0, 0.1) is 0 Å². The van der Waals surface area contributed by atoms with Crippen LogP contribution < -0.4 is 0 Å². The van der Waals surface area contributed by atoms with E-state index in [2.05, 4.69) is 50.2 Å². The van der Waals surface area contributed by atoms with Crippen LogP contribution in [0.3, 0.4) is 0 Å². The topological polar surface area (TPSA) is 0 Å². The number of allylic oxidation sites excluding steroid dienone is 6. The normalized spacial score (nSPS) is 17.8. The molecule has 8 heavy (non-hydrogen) atoms. The number of rotatable bonds is 0. The van der Waals surface area contributed by atoms with Crippen LogP contribution in [0.5, 0.6) is 0 Å². The second-order valence-corrected chi connectivity index (χ2v) is 2.94. The van der Waals surface area contributed by atoms with E-state index in [0.717, 1.165) is 6.42 Å². The zero-order valence-electron chi connectivity index (χ0n) is 4.50. The van der Waals surface area contributed by atoms with Crippen molar-refractivity contribution in [1.29, 1.82) is 0 Å². The Labute approximate surface area is 60.9 Å². The van der Waals surface area contributed by atoms with Crippen molar-refractivity contribution in [2.24, 2.45) is 0 Å². The Morgan fingerprint density at radius 3 is 3.00 bits per heavy atom. The maximum absolute atomic E-state index is 2.16. The molecule has 41 valence electrons. The van der Waals surface area contributed by atoms with Gasteiger partial charge in [0.15, 0.2) is 0 Å². The monoisotopic (exact) mass is 189 g/mol. The summed E-state index contributed by atoms with van der Waals surface area (Å²) in [5.74, 6) is 0. The molecule has 0 amide bonds. The Morgan fingerprint density at radius 2 is 2.12 bits per heavy atom. The van der Waals surface area contributed by atoms with E-state index in [1.54, 1.807) is 0 Å². The van der Waals surface area contributed by atoms with Crippen LogP contribution in [0.15, 0.2) is 34.3 Å². The summed E-state index contributed by atoms with van der Waals surface area (Å²) in [5, 5.41) is 0. The third-order valence-corrected chi connectivity index (χ3v) is 1.70. The van der Waals surface area contributed by atoms with E-state index in [0.29, 0.717) is 0 Å². The summed E-state index contributed by atoms with van der Waals surface area (Å²) < 4.78 is 1.44. The Hall–Kier alpha value is -0.0917. The summed E-state index contributed by atoms with van der Waals surface area (Å²) in [7, 11) is 0. The Balaban J connectivity index is 2.69. The molecule has 0 radical (unpaired) electrons. The van der Waals surface area contributed by atoms with Gasteiger partial charge in [0.2, 0.25) is 0 Å². The predicted octanol–water partition coefficient (Wildman–Crippen LogP) is 1.93. The van der Waals surface area contributed by atoms with Crippen molar-refractivity contribution in [2.75, 3.05) is 0 Å². The van der Waals surface area contributed by atoms with Gasteiger partial charge in [-0.3, -0.25) is 0 Å². The molecule has 1 aliphatic carbocycles. The number of hydrogen-bond donors (Lipinski definition) is 0. The fourth-order valence-corrected chi connectivity index (χ4v) is 0.987. The molecule has 0 unspecified atom stereocenters. The van der Waals surface area contributed by atoms with Crippen LogP contribution in [0.2, 0.25) is 0 Å². The molecule has 0 aromatic rings. The molecule has 0 aromatic heterocycles. The third-order valence-electron chi connectivity index (χ3n) is 0.959. The first-order valence-electron chi connectivity index (χ1n) is 2.59. The van der Waals surface area contributed by atoms with Gasteiger partial charge in [0.25, 0.3) is 0 Å². The van der Waals surface area contributed by atoms with Gasteiger partial charge >= 0.3 is 60.6 Å². The summed E-state index contributed by atoms with van der Waals surface area (Å²) in [6, 6.07) is 0. The van der Waals surface area contributed by atoms with Crippen LogP contribution in [0.25, 0.3) is 0 Å². The first-order valence-corrected chi connectivity index (χ1v) is 3.59. The molecule has 0 N–H and O–H groups in total. The van der Waals surface area contributed by atoms with E-state index in [1.807, 2.05) is 0 Å². The molecule has 0 saturated heterocycles. The minimum absolute atomic E-state index is 1.11. The van der Waals surface area contributed by atoms with Crippen molar-refractivity contribution in [3.63, 3.8) is 0 Å². The summed E-state index contributed by atoms with van der Waals surface area (Å²) >= 11 is 2.07. The predicted molar refractivity (Wildman–Crippen MR) is 31.0 cm³/mol. The average Bonchev–Trinajstić information content (AvgIpc) is 1.94. The molecule has 0 spiro atoms. The second-order valence-electron chi connectivity index (χ2n) is 1.65. The fourth-order valence-electron chi connectivity index (χ4n) is 0.558. The van der Waals surface area contributed by atoms with Crippen molar-refractivity contribution in [3.8, 4) is 0 Å². The molecular formula is C7H7Mo. The van der Waals surface area contributed by atoms with Gasteiger partial charge in [0.1, 0.15) is 0 Å². The average molecular weight is 187 g/mol. The van der Waals surface area contributed by atoms with E-state index < -0.39 is 0 Å². The van der Waals surface area contributed by atoms with Gasteiger partial charge in [-0.15, -0.1) is 0 Å². The molecule has 1 aliphatic rings. The molecule has 0 atom stereocenters. The van der Waals surface area contributed by atoms with E-state index in [4.69, 9.17) is 0 Å². The summed E-state index contributed by atoms with van der Waals surface area (Å²) in [5.41, 5.74) is 0. The minimum atomic E-state index is 1.11. The first-order chi connectivity index (χ1) is 3.89. The molecule has 0 aromatic carbocycles. The van der Waals surface area contributed by atoms with Crippen LogP contribution in [0.4, 0.5) is 0 Å². The SMILES string of the molecule is [Mo][C]1=CC=CC=CC1. The van der Waals surface area contributed by atoms with E-state index in [1.165, 1.54) is 3.96 Å². The van der Waals surface area contributed by atoms with Gasteiger partial charge in [-0.2, -0.15) is 0 Å². The van der Waals surface area contributed by atoms with E-state index >= 15 is 0 Å². The molecule has 0 bridgehead atoms. The Bertz CT molecular complexity index is 152. The van der Waals surface area contributed by atoms with Crippen molar-refractivity contribution in [3.05, 3.63) is 34.3 Å². The van der Waals surface area contributed by atoms with Crippen LogP contribution in [0.1, 0.15) is 6.42 Å². The van der Waals surface area contributed by atoms with Crippen LogP contribution in [-0.2, 0) is 19.8 Å². The standard InChI is InChI=1S/C7H7.Mo/c1-2-4-6-7-5-3-1;/h1-5H,6H2;. The summed E-state index contributed by atoms with van der Waals surface area (Å²) in [6.07, 6.45) is 11.6. The zero-order valence-corrected chi connectivity index (χ0v) is 6.51. The molecule has 1 rings (SSSR count). The molecular weight excluding hydrogens is 180 g/mol. The quantitative estimate of drug-likeness (QED) is 0.508. The second kappa shape index (κ2) is 3.04. The zero-order chi connectivity index (χ0) is 5.82. The molecule has 0 fully saturated rings. The van der Waals surface area contributed by atoms with Crippen LogP contribution in [-0.4, -0.2) is 0 Å².